The topological polar surface area (TPSA) is 34.6 Å². The average Bonchev–Trinajstić information content (AvgIpc) is 2.61. The molecule has 0 N–H and O–H groups in total. The van der Waals surface area contributed by atoms with E-state index in [4.69, 9.17) is 9.47 Å². The molecule has 4 nitrogen and oxygen atoms in total. The normalized spacial score (nSPS) is 18.6. The number of aromatic nitrogens is 1. The van der Waals surface area contributed by atoms with E-state index in [9.17, 15) is 0 Å². The quantitative estimate of drug-likeness (QED) is 0.819. The summed E-state index contributed by atoms with van der Waals surface area (Å²) < 4.78 is 11.2. The molecule has 1 fully saturated rings. The highest BCUT2D eigenvalue weighted by Gasteiger charge is 2.20. The van der Waals surface area contributed by atoms with E-state index < -0.39 is 0 Å². The molecular formula is C19H24N2O2. The number of pyridine rings is 1. The maximum atomic E-state index is 5.97. The van der Waals surface area contributed by atoms with Gasteiger partial charge in [0.15, 0.2) is 0 Å². The zero-order valence-corrected chi connectivity index (χ0v) is 13.6. The van der Waals surface area contributed by atoms with Gasteiger partial charge in [0.2, 0.25) is 0 Å². The number of benzene rings is 1. The van der Waals surface area contributed by atoms with Crippen molar-refractivity contribution in [2.75, 3.05) is 26.8 Å². The van der Waals surface area contributed by atoms with Gasteiger partial charge in [-0.05, 0) is 49.2 Å². The fourth-order valence-corrected chi connectivity index (χ4v) is 3.08. The van der Waals surface area contributed by atoms with Gasteiger partial charge in [0, 0.05) is 37.5 Å². The molecule has 3 rings (SSSR count). The lowest BCUT2D eigenvalue weighted by Gasteiger charge is -2.32. The van der Waals surface area contributed by atoms with Crippen LogP contribution in [0.2, 0.25) is 0 Å². The van der Waals surface area contributed by atoms with Crippen molar-refractivity contribution in [2.45, 2.75) is 19.4 Å². The Morgan fingerprint density at radius 2 is 2.00 bits per heavy atom. The molecular weight excluding hydrogens is 288 g/mol. The van der Waals surface area contributed by atoms with Gasteiger partial charge in [-0.15, -0.1) is 0 Å². The summed E-state index contributed by atoms with van der Waals surface area (Å²) in [5.74, 6) is 2.30. The lowest BCUT2D eigenvalue weighted by atomic mass is 9.98. The molecule has 0 unspecified atom stereocenters. The second kappa shape index (κ2) is 7.97. The molecule has 1 atom stereocenters. The van der Waals surface area contributed by atoms with Crippen molar-refractivity contribution >= 4 is 0 Å². The smallest absolute Gasteiger partial charge is 0.122 e. The zero-order valence-electron chi connectivity index (χ0n) is 13.6. The van der Waals surface area contributed by atoms with E-state index in [2.05, 4.69) is 22.0 Å². The van der Waals surface area contributed by atoms with Crippen LogP contribution >= 0.6 is 0 Å². The second-order valence-electron chi connectivity index (χ2n) is 6.09. The Balaban J connectivity index is 1.50. The van der Waals surface area contributed by atoms with Crippen LogP contribution in [0.25, 0.3) is 0 Å². The minimum atomic E-state index is 0.580. The molecule has 1 aliphatic rings. The molecule has 1 aromatic heterocycles. The molecule has 0 bridgehead atoms. The number of piperidine rings is 1. The maximum Gasteiger partial charge on any atom is 0.122 e. The van der Waals surface area contributed by atoms with Crippen LogP contribution in [0.1, 0.15) is 18.4 Å². The van der Waals surface area contributed by atoms with Crippen LogP contribution in [-0.2, 0) is 6.54 Å². The lowest BCUT2D eigenvalue weighted by molar-refractivity contribution is 0.125. The summed E-state index contributed by atoms with van der Waals surface area (Å²) in [5.41, 5.74) is 1.33. The van der Waals surface area contributed by atoms with Gasteiger partial charge in [0.05, 0.1) is 13.7 Å². The van der Waals surface area contributed by atoms with E-state index in [0.717, 1.165) is 37.7 Å². The Morgan fingerprint density at radius 1 is 1.17 bits per heavy atom. The van der Waals surface area contributed by atoms with E-state index in [1.165, 1.54) is 18.4 Å². The largest absolute Gasteiger partial charge is 0.497 e. The van der Waals surface area contributed by atoms with Crippen molar-refractivity contribution in [1.82, 2.24) is 9.88 Å². The van der Waals surface area contributed by atoms with E-state index >= 15 is 0 Å². The highest BCUT2D eigenvalue weighted by molar-refractivity contribution is 5.32. The van der Waals surface area contributed by atoms with Gasteiger partial charge in [-0.2, -0.15) is 0 Å². The highest BCUT2D eigenvalue weighted by atomic mass is 16.5. The lowest BCUT2D eigenvalue weighted by Crippen LogP contribution is -2.37. The Hall–Kier alpha value is -2.07. The molecule has 0 aliphatic carbocycles. The van der Waals surface area contributed by atoms with Crippen LogP contribution in [0.15, 0.2) is 48.8 Å². The zero-order chi connectivity index (χ0) is 15.9. The molecule has 1 aromatic carbocycles. The van der Waals surface area contributed by atoms with Gasteiger partial charge in [-0.1, -0.05) is 6.07 Å². The Morgan fingerprint density at radius 3 is 2.83 bits per heavy atom. The van der Waals surface area contributed by atoms with Crippen molar-refractivity contribution < 1.29 is 9.47 Å². The monoisotopic (exact) mass is 312 g/mol. The van der Waals surface area contributed by atoms with Gasteiger partial charge in [-0.3, -0.25) is 9.88 Å². The Kier molecular flexibility index (Phi) is 5.48. The Bertz CT molecular complexity index is 603. The molecule has 0 spiro atoms. The summed E-state index contributed by atoms with van der Waals surface area (Å²) in [6.07, 6.45) is 6.19. The minimum Gasteiger partial charge on any atom is -0.497 e. The number of hydrogen-bond acceptors (Lipinski definition) is 4. The maximum absolute atomic E-state index is 5.97. The van der Waals surface area contributed by atoms with Crippen molar-refractivity contribution in [3.05, 3.63) is 54.4 Å². The number of methoxy groups -OCH3 is 1. The molecule has 4 heteroatoms. The summed E-state index contributed by atoms with van der Waals surface area (Å²) in [4.78, 5) is 6.59. The summed E-state index contributed by atoms with van der Waals surface area (Å²) in [6.45, 7) is 4.02. The van der Waals surface area contributed by atoms with Crippen molar-refractivity contribution in [3.8, 4) is 11.5 Å². The molecule has 0 saturated carbocycles. The molecule has 23 heavy (non-hydrogen) atoms. The fraction of sp³-hybridized carbons (Fsp3) is 0.421. The molecule has 2 aromatic rings. The second-order valence-corrected chi connectivity index (χ2v) is 6.09. The fourth-order valence-electron chi connectivity index (χ4n) is 3.08. The molecule has 1 aliphatic heterocycles. The average molecular weight is 312 g/mol. The first kappa shape index (κ1) is 15.8. The Labute approximate surface area is 138 Å². The summed E-state index contributed by atoms with van der Waals surface area (Å²) >= 11 is 0. The van der Waals surface area contributed by atoms with Gasteiger partial charge in [-0.25, -0.2) is 0 Å². The van der Waals surface area contributed by atoms with Crippen molar-refractivity contribution in [2.24, 2.45) is 5.92 Å². The van der Waals surface area contributed by atoms with E-state index in [1.807, 2.05) is 36.7 Å². The van der Waals surface area contributed by atoms with Gasteiger partial charge < -0.3 is 9.47 Å². The first-order valence-corrected chi connectivity index (χ1v) is 8.21. The first-order chi connectivity index (χ1) is 11.3. The van der Waals surface area contributed by atoms with E-state index in [-0.39, 0.29) is 0 Å². The predicted octanol–water partition coefficient (Wildman–Crippen LogP) is 3.38. The van der Waals surface area contributed by atoms with Gasteiger partial charge >= 0.3 is 0 Å². The molecule has 0 amide bonds. The summed E-state index contributed by atoms with van der Waals surface area (Å²) in [7, 11) is 1.68. The number of likely N-dealkylation sites (tertiary alicyclic amines) is 1. The third-order valence-corrected chi connectivity index (χ3v) is 4.29. The minimum absolute atomic E-state index is 0.580. The molecule has 0 radical (unpaired) electrons. The van der Waals surface area contributed by atoms with Crippen LogP contribution in [-0.4, -0.2) is 36.7 Å². The molecule has 1 saturated heterocycles. The van der Waals surface area contributed by atoms with Crippen LogP contribution in [0.5, 0.6) is 11.5 Å². The molecule has 122 valence electrons. The molecule has 2 heterocycles. The van der Waals surface area contributed by atoms with Crippen molar-refractivity contribution in [3.63, 3.8) is 0 Å². The van der Waals surface area contributed by atoms with Crippen LogP contribution in [0, 0.1) is 5.92 Å². The van der Waals surface area contributed by atoms with Crippen LogP contribution in [0.3, 0.4) is 0 Å². The number of ether oxygens (including phenoxy) is 2. The summed E-state index contributed by atoms with van der Waals surface area (Å²) in [5, 5.41) is 0. The van der Waals surface area contributed by atoms with Gasteiger partial charge in [0.1, 0.15) is 11.5 Å². The standard InChI is InChI=1S/C19H24N2O2/c1-22-18-5-2-6-19(12-18)23-15-17-4-3-11-21(14-17)13-16-7-9-20-10-8-16/h2,5-10,12,17H,3-4,11,13-15H2,1H3/t17-/m1/s1. The third kappa shape index (κ3) is 4.70. The van der Waals surface area contributed by atoms with E-state index in [0.29, 0.717) is 5.92 Å². The highest BCUT2D eigenvalue weighted by Crippen LogP contribution is 2.22. The van der Waals surface area contributed by atoms with Crippen LogP contribution in [0.4, 0.5) is 0 Å². The van der Waals surface area contributed by atoms with Gasteiger partial charge in [0.25, 0.3) is 0 Å². The number of rotatable bonds is 6. The third-order valence-electron chi connectivity index (χ3n) is 4.29. The number of nitrogens with zero attached hydrogens (tertiary/aromatic N) is 2. The summed E-state index contributed by atoms with van der Waals surface area (Å²) in [6, 6.07) is 12.0. The predicted molar refractivity (Wildman–Crippen MR) is 90.7 cm³/mol. The van der Waals surface area contributed by atoms with E-state index in [1.54, 1.807) is 7.11 Å². The first-order valence-electron chi connectivity index (χ1n) is 8.21. The van der Waals surface area contributed by atoms with Crippen molar-refractivity contribution in [1.29, 1.82) is 0 Å². The SMILES string of the molecule is COc1cccc(OC[C@@H]2CCCN(Cc3ccncc3)C2)c1. The number of hydrogen-bond donors (Lipinski definition) is 0. The van der Waals surface area contributed by atoms with Crippen LogP contribution < -0.4 is 9.47 Å².